The minimum Gasteiger partial charge on any atom is -0.358 e. The topological polar surface area (TPSA) is 83.1 Å². The van der Waals surface area contributed by atoms with Crippen molar-refractivity contribution in [1.82, 2.24) is 15.0 Å². The summed E-state index contributed by atoms with van der Waals surface area (Å²) in [6, 6.07) is 15.7. The fourth-order valence-corrected chi connectivity index (χ4v) is 3.69. The quantitative estimate of drug-likeness (QED) is 0.500. The minimum atomic E-state index is -3.72. The standard InChI is InChI=1S/C20H19FN4O2S2/c21-17-3-1-2-16(12-17)14-24-29(26,27)19-6-4-18(5-7-19)25-20(28)23-13-15-8-10-22-11-9-15/h1-12,24H,13-14H2,(H2,23,25,28). The monoisotopic (exact) mass is 430 g/mol. The zero-order chi connectivity index (χ0) is 20.7. The van der Waals surface area contributed by atoms with Crippen LogP contribution in [-0.2, 0) is 23.1 Å². The number of hydrogen-bond donors (Lipinski definition) is 3. The van der Waals surface area contributed by atoms with Crippen LogP contribution in [0.3, 0.4) is 0 Å². The molecule has 3 N–H and O–H groups in total. The number of sulfonamides is 1. The Morgan fingerprint density at radius 1 is 0.966 bits per heavy atom. The summed E-state index contributed by atoms with van der Waals surface area (Å²) in [5.41, 5.74) is 2.23. The molecule has 0 atom stereocenters. The molecule has 1 aromatic heterocycles. The first kappa shape index (κ1) is 20.8. The van der Waals surface area contributed by atoms with E-state index in [1.54, 1.807) is 30.6 Å². The molecule has 3 rings (SSSR count). The van der Waals surface area contributed by atoms with E-state index in [0.717, 1.165) is 5.56 Å². The smallest absolute Gasteiger partial charge is 0.240 e. The molecule has 6 nitrogen and oxygen atoms in total. The van der Waals surface area contributed by atoms with Crippen LogP contribution < -0.4 is 15.4 Å². The van der Waals surface area contributed by atoms with E-state index in [1.807, 2.05) is 12.1 Å². The number of nitrogens with one attached hydrogen (secondary N) is 3. The van der Waals surface area contributed by atoms with Gasteiger partial charge in [0.1, 0.15) is 5.82 Å². The molecule has 0 saturated heterocycles. The van der Waals surface area contributed by atoms with Crippen LogP contribution in [0.4, 0.5) is 10.1 Å². The third-order valence-corrected chi connectivity index (χ3v) is 5.64. The molecule has 9 heteroatoms. The summed E-state index contributed by atoms with van der Waals surface area (Å²) >= 11 is 5.25. The average molecular weight is 431 g/mol. The van der Waals surface area contributed by atoms with Crippen LogP contribution in [0.1, 0.15) is 11.1 Å². The van der Waals surface area contributed by atoms with Crippen LogP contribution in [0.5, 0.6) is 0 Å². The van der Waals surface area contributed by atoms with Gasteiger partial charge in [-0.1, -0.05) is 12.1 Å². The van der Waals surface area contributed by atoms with Crippen LogP contribution in [0, 0.1) is 5.82 Å². The number of rotatable bonds is 7. The first-order chi connectivity index (χ1) is 13.9. The van der Waals surface area contributed by atoms with Crippen molar-refractivity contribution in [2.24, 2.45) is 0 Å². The molecule has 2 aromatic carbocycles. The lowest BCUT2D eigenvalue weighted by atomic mass is 10.2. The van der Waals surface area contributed by atoms with Crippen molar-refractivity contribution in [2.75, 3.05) is 5.32 Å². The lowest BCUT2D eigenvalue weighted by molar-refractivity contribution is 0.580. The van der Waals surface area contributed by atoms with E-state index < -0.39 is 15.8 Å². The largest absolute Gasteiger partial charge is 0.358 e. The Labute approximate surface area is 174 Å². The SMILES string of the molecule is O=S(=O)(NCc1cccc(F)c1)c1ccc(NC(=S)NCc2ccncc2)cc1. The lowest BCUT2D eigenvalue weighted by Crippen LogP contribution is -2.28. The van der Waals surface area contributed by atoms with E-state index in [4.69, 9.17) is 12.2 Å². The van der Waals surface area contributed by atoms with Gasteiger partial charge in [0, 0.05) is 31.2 Å². The molecular formula is C20H19FN4O2S2. The summed E-state index contributed by atoms with van der Waals surface area (Å²) in [6.45, 7) is 0.550. The molecule has 0 bridgehead atoms. The summed E-state index contributed by atoms with van der Waals surface area (Å²) in [6.07, 6.45) is 3.41. The molecule has 0 fully saturated rings. The van der Waals surface area contributed by atoms with Gasteiger partial charge in [0.05, 0.1) is 4.90 Å². The zero-order valence-corrected chi connectivity index (χ0v) is 16.9. The van der Waals surface area contributed by atoms with Crippen molar-refractivity contribution in [1.29, 1.82) is 0 Å². The first-order valence-electron chi connectivity index (χ1n) is 8.70. The molecule has 0 amide bonds. The van der Waals surface area contributed by atoms with Gasteiger partial charge in [-0.3, -0.25) is 4.98 Å². The molecule has 0 unspecified atom stereocenters. The average Bonchev–Trinajstić information content (AvgIpc) is 2.72. The van der Waals surface area contributed by atoms with Gasteiger partial charge in [-0.05, 0) is 71.9 Å². The summed E-state index contributed by atoms with van der Waals surface area (Å²) in [7, 11) is -3.72. The molecule has 150 valence electrons. The number of thiocarbonyl (C=S) groups is 1. The predicted molar refractivity (Wildman–Crippen MR) is 114 cm³/mol. The van der Waals surface area contributed by atoms with Crippen LogP contribution in [0.2, 0.25) is 0 Å². The normalized spacial score (nSPS) is 11.1. The number of halogens is 1. The van der Waals surface area contributed by atoms with E-state index >= 15 is 0 Å². The molecule has 0 saturated carbocycles. The van der Waals surface area contributed by atoms with Gasteiger partial charge in [-0.15, -0.1) is 0 Å². The highest BCUT2D eigenvalue weighted by Crippen LogP contribution is 2.15. The Morgan fingerprint density at radius 2 is 1.69 bits per heavy atom. The molecule has 3 aromatic rings. The number of hydrogen-bond acceptors (Lipinski definition) is 4. The Bertz CT molecular complexity index is 1080. The van der Waals surface area contributed by atoms with Crippen molar-refractivity contribution in [3.8, 4) is 0 Å². The molecule has 0 spiro atoms. The fraction of sp³-hybridized carbons (Fsp3) is 0.100. The van der Waals surface area contributed by atoms with Gasteiger partial charge in [-0.25, -0.2) is 17.5 Å². The fourth-order valence-electron chi connectivity index (χ4n) is 2.48. The van der Waals surface area contributed by atoms with Gasteiger partial charge in [0.15, 0.2) is 5.11 Å². The van der Waals surface area contributed by atoms with E-state index in [0.29, 0.717) is 22.9 Å². The highest BCUT2D eigenvalue weighted by molar-refractivity contribution is 7.89. The highest BCUT2D eigenvalue weighted by Gasteiger charge is 2.13. The molecular weight excluding hydrogens is 411 g/mol. The zero-order valence-electron chi connectivity index (χ0n) is 15.3. The lowest BCUT2D eigenvalue weighted by Gasteiger charge is -2.11. The summed E-state index contributed by atoms with van der Waals surface area (Å²) in [5.74, 6) is -0.411. The van der Waals surface area contributed by atoms with Crippen molar-refractivity contribution in [3.63, 3.8) is 0 Å². The third kappa shape index (κ3) is 6.31. The minimum absolute atomic E-state index is 0.00308. The number of benzene rings is 2. The van der Waals surface area contributed by atoms with Crippen LogP contribution >= 0.6 is 12.2 Å². The summed E-state index contributed by atoms with van der Waals surface area (Å²) in [4.78, 5) is 4.06. The maximum atomic E-state index is 13.2. The van der Waals surface area contributed by atoms with Crippen molar-refractivity contribution in [3.05, 3.63) is 90.0 Å². The van der Waals surface area contributed by atoms with Gasteiger partial charge >= 0.3 is 0 Å². The van der Waals surface area contributed by atoms with Gasteiger partial charge in [0.25, 0.3) is 0 Å². The Balaban J connectivity index is 1.55. The Kier molecular flexibility index (Phi) is 6.86. The second-order valence-electron chi connectivity index (χ2n) is 6.14. The number of pyridine rings is 1. The van der Waals surface area contributed by atoms with E-state index in [2.05, 4.69) is 20.3 Å². The van der Waals surface area contributed by atoms with Gasteiger partial charge in [-0.2, -0.15) is 0 Å². The van der Waals surface area contributed by atoms with E-state index in [-0.39, 0.29) is 11.4 Å². The summed E-state index contributed by atoms with van der Waals surface area (Å²) in [5, 5.41) is 6.49. The molecule has 0 aliphatic rings. The third-order valence-electron chi connectivity index (χ3n) is 3.98. The molecule has 1 heterocycles. The van der Waals surface area contributed by atoms with Crippen LogP contribution in [-0.4, -0.2) is 18.5 Å². The maximum absolute atomic E-state index is 13.2. The van der Waals surface area contributed by atoms with Crippen LogP contribution in [0.15, 0.2) is 78.0 Å². The van der Waals surface area contributed by atoms with Crippen LogP contribution in [0.25, 0.3) is 0 Å². The van der Waals surface area contributed by atoms with E-state index in [9.17, 15) is 12.8 Å². The second-order valence-corrected chi connectivity index (χ2v) is 8.32. The molecule has 0 aliphatic heterocycles. The van der Waals surface area contributed by atoms with Gasteiger partial charge in [0.2, 0.25) is 10.0 Å². The number of anilines is 1. The van der Waals surface area contributed by atoms with Crippen molar-refractivity contribution in [2.45, 2.75) is 18.0 Å². The van der Waals surface area contributed by atoms with Crippen molar-refractivity contribution >= 4 is 33.0 Å². The second kappa shape index (κ2) is 9.55. The number of aromatic nitrogens is 1. The first-order valence-corrected chi connectivity index (χ1v) is 10.6. The molecule has 29 heavy (non-hydrogen) atoms. The summed E-state index contributed by atoms with van der Waals surface area (Å²) < 4.78 is 40.5. The van der Waals surface area contributed by atoms with Crippen molar-refractivity contribution < 1.29 is 12.8 Å². The van der Waals surface area contributed by atoms with Gasteiger partial charge < -0.3 is 10.6 Å². The maximum Gasteiger partial charge on any atom is 0.240 e. The Morgan fingerprint density at radius 3 is 2.38 bits per heavy atom. The number of nitrogens with zero attached hydrogens (tertiary/aromatic N) is 1. The predicted octanol–water partition coefficient (Wildman–Crippen LogP) is 3.19. The highest BCUT2D eigenvalue weighted by atomic mass is 32.2. The van der Waals surface area contributed by atoms with E-state index in [1.165, 1.54) is 30.3 Å². The Hall–Kier alpha value is -2.88. The molecule has 0 aliphatic carbocycles. The molecule has 0 radical (unpaired) electrons.